The van der Waals surface area contributed by atoms with E-state index >= 15 is 0 Å². The number of aliphatic hydroxyl groups is 3. The lowest BCUT2D eigenvalue weighted by Crippen LogP contribution is -2.28. The molecule has 11 nitrogen and oxygen atoms in total. The van der Waals surface area contributed by atoms with Gasteiger partial charge in [-0.05, 0) is 150 Å². The second kappa shape index (κ2) is 24.7. The number of hydrogen-bond acceptors (Lipinski definition) is 11. The number of likely N-dealkylation sites (N-methyl/N-ethyl adjacent to an activating group) is 1. The first-order valence-electron chi connectivity index (χ1n) is 28.0. The summed E-state index contributed by atoms with van der Waals surface area (Å²) in [6.07, 6.45) is 8.53. The molecule has 0 saturated heterocycles. The van der Waals surface area contributed by atoms with E-state index in [1.165, 1.54) is 21.9 Å². The largest absolute Gasteiger partial charge is 0.506 e. The molecule has 0 unspecified atom stereocenters. The predicted octanol–water partition coefficient (Wildman–Crippen LogP) is 11.9. The number of fused-ring (bicyclic) bond motifs is 2. The number of anilines is 3. The van der Waals surface area contributed by atoms with Crippen LogP contribution in [0.25, 0.3) is 56.4 Å². The maximum absolute atomic E-state index is 13.0. The first-order chi connectivity index (χ1) is 40.3. The van der Waals surface area contributed by atoms with Crippen LogP contribution in [0.5, 0.6) is 11.5 Å². The lowest BCUT2D eigenvalue weighted by Gasteiger charge is -2.30. The molecule has 7 aromatic carbocycles. The molecule has 0 saturated carbocycles. The van der Waals surface area contributed by atoms with Crippen LogP contribution in [-0.2, 0) is 20.8 Å². The van der Waals surface area contributed by atoms with Gasteiger partial charge in [0.25, 0.3) is 0 Å². The molecule has 84 heavy (non-hydrogen) atoms. The van der Waals surface area contributed by atoms with E-state index in [0.717, 1.165) is 73.6 Å². The summed E-state index contributed by atoms with van der Waals surface area (Å²) in [6, 6.07) is 47.0. The van der Waals surface area contributed by atoms with Crippen LogP contribution >= 0.6 is 0 Å². The van der Waals surface area contributed by atoms with E-state index in [-0.39, 0.29) is 45.8 Å². The molecule has 0 radical (unpaired) electrons. The fourth-order valence-electron chi connectivity index (χ4n) is 10.8. The molecule has 11 heteroatoms. The normalized spacial score (nSPS) is 15.9. The summed E-state index contributed by atoms with van der Waals surface area (Å²) in [5, 5.41) is 37.8. The number of ether oxygens (including phenoxy) is 2. The molecular formula is C73H71N3O8. The fraction of sp³-hybridized carbons (Fsp3) is 0.192. The van der Waals surface area contributed by atoms with Crippen molar-refractivity contribution >= 4 is 90.8 Å². The smallest absolute Gasteiger partial charge is 0.202 e. The molecule has 0 bridgehead atoms. The number of benzene rings is 7. The van der Waals surface area contributed by atoms with Crippen molar-refractivity contribution in [2.45, 2.75) is 48.0 Å². The van der Waals surface area contributed by atoms with Crippen molar-refractivity contribution < 1.29 is 39.2 Å². The molecule has 0 aromatic heterocycles. The Hall–Kier alpha value is -9.87. The zero-order valence-electron chi connectivity index (χ0n) is 49.8. The molecule has 0 amide bonds. The summed E-state index contributed by atoms with van der Waals surface area (Å²) in [7, 11) is 10.9. The minimum absolute atomic E-state index is 0.0378. The third-order valence-corrected chi connectivity index (χ3v) is 15.6. The highest BCUT2D eigenvalue weighted by atomic mass is 16.5. The topological polar surface area (TPSA) is 140 Å². The van der Waals surface area contributed by atoms with Crippen LogP contribution in [0.3, 0.4) is 0 Å². The van der Waals surface area contributed by atoms with Crippen molar-refractivity contribution in [3.63, 3.8) is 0 Å². The Balaban J connectivity index is 0.000000153. The minimum Gasteiger partial charge on any atom is -0.506 e. The zero-order chi connectivity index (χ0) is 60.3. The first-order valence-corrected chi connectivity index (χ1v) is 28.0. The minimum atomic E-state index is -0.225. The van der Waals surface area contributed by atoms with Crippen molar-refractivity contribution in [3.05, 3.63) is 241 Å². The molecule has 3 N–H and O–H groups in total. The lowest BCUT2D eigenvalue weighted by molar-refractivity contribution is -0.113. The number of aliphatic hydroxyl groups excluding tert-OH is 3. The molecule has 0 fully saturated rings. The highest BCUT2D eigenvalue weighted by molar-refractivity contribution is 6.52. The number of para-hydroxylation sites is 1. The molecule has 4 aliphatic rings. The number of aryl methyl sites for hydroxylation is 1. The van der Waals surface area contributed by atoms with E-state index in [0.29, 0.717) is 44.6 Å². The maximum Gasteiger partial charge on any atom is 0.202 e. The van der Waals surface area contributed by atoms with Gasteiger partial charge in [0.2, 0.25) is 17.3 Å². The summed E-state index contributed by atoms with van der Waals surface area (Å²) in [4.78, 5) is 44.6. The van der Waals surface area contributed by atoms with Gasteiger partial charge in [0.15, 0.2) is 0 Å². The highest BCUT2D eigenvalue weighted by Crippen LogP contribution is 2.42. The number of ketones is 3. The quantitative estimate of drug-likeness (QED) is 0.113. The summed E-state index contributed by atoms with van der Waals surface area (Å²) in [6.45, 7) is 13.1. The average molecular weight is 1120 g/mol. The molecule has 3 aliphatic carbocycles. The van der Waals surface area contributed by atoms with Gasteiger partial charge in [0.1, 0.15) is 28.8 Å². The molecular weight excluding hydrogens is 1050 g/mol. The Kier molecular flexibility index (Phi) is 17.3. The van der Waals surface area contributed by atoms with Gasteiger partial charge in [0.05, 0.1) is 47.7 Å². The number of carbonyl (C=O) groups excluding carboxylic acids is 3. The van der Waals surface area contributed by atoms with E-state index in [4.69, 9.17) is 9.47 Å². The van der Waals surface area contributed by atoms with E-state index in [1.54, 1.807) is 26.4 Å². The SMILES string of the molecule is CC(C)=c1ccc(=C2C(=O)C(c3ccc(N(C)C)cc3)=C2O)cc1.CCc1c(/C=C2\C(=O)C(/C=C3\C=Cc4ccccc4N3CC)=C2O)ccc2ccccc12.COc1cc(N(C)C)ccc1C1=C(O)/C(=c2\ccc(=C(C)C)cc2OC)C1=O. The Morgan fingerprint density at radius 1 is 0.560 bits per heavy atom. The zero-order valence-corrected chi connectivity index (χ0v) is 49.8. The van der Waals surface area contributed by atoms with Gasteiger partial charge in [-0.3, -0.25) is 14.4 Å². The Bertz CT molecular complexity index is 4290. The Morgan fingerprint density at radius 3 is 1.79 bits per heavy atom. The van der Waals surface area contributed by atoms with Crippen LogP contribution in [0.15, 0.2) is 192 Å². The van der Waals surface area contributed by atoms with Gasteiger partial charge in [-0.15, -0.1) is 0 Å². The second-order valence-electron chi connectivity index (χ2n) is 21.6. The standard InChI is InChI=1S/C29H25NO2.C23H25NO4.C21H21NO2/c1-3-23-21(14-13-19-9-5-7-11-24(19)23)17-25-28(31)26(29(25)32)18-22-16-15-20-10-6-8-12-27(20)30(22)4-2;1-13(2)14-7-9-16(18(11-14)27-5)20-22(25)21(23(20)26)17-10-8-15(24(3)4)12-19(17)28-6;1-13(2)14-5-7-15(8-6-14)18-20(23)19(21(18)24)16-9-11-17(12-10-16)22(3)4/h5-18,31H,3-4H2,1-2H3;7-12,25H,1-6H3;5-12,23H,1-4H3/b22-18+,25-17-;20-16-;. The van der Waals surface area contributed by atoms with Gasteiger partial charge < -0.3 is 39.5 Å². The predicted molar refractivity (Wildman–Crippen MR) is 344 cm³/mol. The number of carbonyl (C=O) groups is 3. The van der Waals surface area contributed by atoms with Crippen molar-refractivity contribution in [1.82, 2.24) is 0 Å². The van der Waals surface area contributed by atoms with E-state index in [2.05, 4.69) is 49.1 Å². The van der Waals surface area contributed by atoms with Gasteiger partial charge >= 0.3 is 0 Å². The Labute approximate surface area is 491 Å². The number of nitrogens with zero attached hydrogens (tertiary/aromatic N) is 3. The monoisotopic (exact) mass is 1120 g/mol. The number of rotatable bonds is 10. The number of Topliss-reactive ketones (excluding diaryl/α,β-unsaturated/α-hetero) is 3. The van der Waals surface area contributed by atoms with Crippen molar-refractivity contribution in [3.8, 4) is 11.5 Å². The van der Waals surface area contributed by atoms with Gasteiger partial charge in [-0.25, -0.2) is 0 Å². The molecule has 0 atom stereocenters. The fourth-order valence-corrected chi connectivity index (χ4v) is 10.8. The molecule has 426 valence electrons. The van der Waals surface area contributed by atoms with Crippen molar-refractivity contribution in [1.29, 1.82) is 0 Å². The molecule has 1 aliphatic heterocycles. The van der Waals surface area contributed by atoms with Crippen LogP contribution in [0.2, 0.25) is 0 Å². The molecule has 11 rings (SSSR count). The van der Waals surface area contributed by atoms with E-state index < -0.39 is 0 Å². The average Bonchev–Trinajstić information content (AvgIpc) is 3.49. The third kappa shape index (κ3) is 11.2. The van der Waals surface area contributed by atoms with Crippen LogP contribution in [0, 0.1) is 0 Å². The van der Waals surface area contributed by atoms with Gasteiger partial charge in [0, 0.05) is 74.3 Å². The van der Waals surface area contributed by atoms with Crippen LogP contribution < -0.4 is 45.0 Å². The van der Waals surface area contributed by atoms with Crippen molar-refractivity contribution in [2.75, 3.05) is 63.7 Å². The lowest BCUT2D eigenvalue weighted by atomic mass is 9.81. The van der Waals surface area contributed by atoms with Crippen molar-refractivity contribution in [2.24, 2.45) is 0 Å². The van der Waals surface area contributed by atoms with Gasteiger partial charge in [-0.1, -0.05) is 121 Å². The van der Waals surface area contributed by atoms with Crippen LogP contribution in [0.1, 0.15) is 69.4 Å². The number of allylic oxidation sites excluding steroid dienone is 8. The highest BCUT2D eigenvalue weighted by Gasteiger charge is 2.38. The van der Waals surface area contributed by atoms with E-state index in [1.807, 2.05) is 193 Å². The Morgan fingerprint density at radius 2 is 1.18 bits per heavy atom. The molecule has 7 aromatic rings. The summed E-state index contributed by atoms with van der Waals surface area (Å²) >= 11 is 0. The summed E-state index contributed by atoms with van der Waals surface area (Å²) < 4.78 is 10.9. The summed E-state index contributed by atoms with van der Waals surface area (Å²) in [5.41, 5.74) is 13.1. The van der Waals surface area contributed by atoms with E-state index in [9.17, 15) is 29.7 Å². The molecule has 0 spiro atoms. The second-order valence-corrected chi connectivity index (χ2v) is 21.6. The van der Waals surface area contributed by atoms with Crippen LogP contribution in [-0.4, -0.2) is 81.6 Å². The number of hydrogen-bond donors (Lipinski definition) is 3. The number of methoxy groups -OCH3 is 2. The van der Waals surface area contributed by atoms with Crippen LogP contribution in [0.4, 0.5) is 17.1 Å². The molecule has 1 heterocycles. The third-order valence-electron chi connectivity index (χ3n) is 15.6. The summed E-state index contributed by atoms with van der Waals surface area (Å²) in [5.74, 6) is 0.772. The van der Waals surface area contributed by atoms with Gasteiger partial charge in [-0.2, -0.15) is 0 Å². The first kappa shape index (κ1) is 58.8. The maximum atomic E-state index is 13.0.